The van der Waals surface area contributed by atoms with Gasteiger partial charge in [0.2, 0.25) is 5.91 Å². The highest BCUT2D eigenvalue weighted by molar-refractivity contribution is 7.99. The Kier molecular flexibility index (Phi) is 7.42. The highest BCUT2D eigenvalue weighted by Crippen LogP contribution is 2.33. The van der Waals surface area contributed by atoms with E-state index in [0.717, 1.165) is 12.3 Å². The fourth-order valence-electron chi connectivity index (χ4n) is 2.31. The molecule has 2 rings (SSSR count). The molecule has 0 aliphatic carbocycles. The number of Topliss-reactive ketones (excluding diaryl/α,β-unsaturated/α-hetero) is 1. The van der Waals surface area contributed by atoms with Crippen molar-refractivity contribution in [2.75, 3.05) is 11.1 Å². The number of aromatic nitrogens is 2. The standard InChI is InChI=1S/C18H17ClF3N3O2S/c1-10-6-12(7-16(24-10)25-11(2)26)15(27)4-3-5-28-17-14(19)8-13(9-23-17)18(20,21)22/h6-9H,3-5H2,1-2H3,(H,24,25,26). The van der Waals surface area contributed by atoms with Crippen LogP contribution in [0.25, 0.3) is 0 Å². The number of hydrogen-bond donors (Lipinski definition) is 1. The van der Waals surface area contributed by atoms with E-state index in [1.807, 2.05) is 0 Å². The van der Waals surface area contributed by atoms with Gasteiger partial charge in [0.1, 0.15) is 10.8 Å². The van der Waals surface area contributed by atoms with Crippen molar-refractivity contribution < 1.29 is 22.8 Å². The van der Waals surface area contributed by atoms with E-state index in [-0.39, 0.29) is 28.2 Å². The molecule has 0 aliphatic rings. The Balaban J connectivity index is 1.91. The molecule has 0 radical (unpaired) electrons. The molecule has 0 saturated heterocycles. The van der Waals surface area contributed by atoms with E-state index in [1.165, 1.54) is 24.8 Å². The number of carbonyl (C=O) groups is 2. The van der Waals surface area contributed by atoms with Gasteiger partial charge in [0.05, 0.1) is 10.6 Å². The maximum Gasteiger partial charge on any atom is 0.417 e. The predicted molar refractivity (Wildman–Crippen MR) is 102 cm³/mol. The van der Waals surface area contributed by atoms with Crippen molar-refractivity contribution in [3.8, 4) is 0 Å². The van der Waals surface area contributed by atoms with Crippen molar-refractivity contribution in [1.29, 1.82) is 0 Å². The largest absolute Gasteiger partial charge is 0.417 e. The van der Waals surface area contributed by atoms with Gasteiger partial charge in [0, 0.05) is 30.8 Å². The average molecular weight is 432 g/mol. The summed E-state index contributed by atoms with van der Waals surface area (Å²) in [6.45, 7) is 3.07. The second-order valence-corrected chi connectivity index (χ2v) is 7.44. The average Bonchev–Trinajstić information content (AvgIpc) is 2.57. The molecule has 0 saturated carbocycles. The summed E-state index contributed by atoms with van der Waals surface area (Å²) in [5, 5.41) is 2.76. The van der Waals surface area contributed by atoms with Gasteiger partial charge in [-0.3, -0.25) is 9.59 Å². The Labute approximate surface area is 169 Å². The molecule has 150 valence electrons. The number of carbonyl (C=O) groups excluding carboxylic acids is 2. The molecule has 2 aromatic heterocycles. The van der Waals surface area contributed by atoms with Crippen LogP contribution in [0.5, 0.6) is 0 Å². The number of rotatable bonds is 7. The fourth-order valence-corrected chi connectivity index (χ4v) is 3.44. The van der Waals surface area contributed by atoms with E-state index in [4.69, 9.17) is 11.6 Å². The molecule has 0 aromatic carbocycles. The van der Waals surface area contributed by atoms with Gasteiger partial charge in [0.25, 0.3) is 0 Å². The number of ketones is 1. The minimum absolute atomic E-state index is 0.0733. The zero-order valence-electron chi connectivity index (χ0n) is 15.1. The Hall–Kier alpha value is -2.13. The van der Waals surface area contributed by atoms with Crippen LogP contribution in [-0.2, 0) is 11.0 Å². The first-order valence-electron chi connectivity index (χ1n) is 8.21. The van der Waals surface area contributed by atoms with E-state index in [0.29, 0.717) is 29.2 Å². The summed E-state index contributed by atoms with van der Waals surface area (Å²) in [6.07, 6.45) is -3.04. The van der Waals surface area contributed by atoms with Gasteiger partial charge in [-0.25, -0.2) is 9.97 Å². The molecule has 0 atom stereocenters. The lowest BCUT2D eigenvalue weighted by Gasteiger charge is -2.09. The lowest BCUT2D eigenvalue weighted by atomic mass is 10.1. The number of nitrogens with one attached hydrogen (secondary N) is 1. The van der Waals surface area contributed by atoms with Crippen molar-refractivity contribution in [2.24, 2.45) is 0 Å². The van der Waals surface area contributed by atoms with E-state index >= 15 is 0 Å². The van der Waals surface area contributed by atoms with Crippen molar-refractivity contribution >= 4 is 40.9 Å². The molecule has 0 bridgehead atoms. The Morgan fingerprint density at radius 1 is 1.25 bits per heavy atom. The van der Waals surface area contributed by atoms with E-state index in [9.17, 15) is 22.8 Å². The van der Waals surface area contributed by atoms with Crippen molar-refractivity contribution in [1.82, 2.24) is 9.97 Å². The van der Waals surface area contributed by atoms with Crippen LogP contribution in [-0.4, -0.2) is 27.4 Å². The zero-order valence-corrected chi connectivity index (χ0v) is 16.6. The Morgan fingerprint density at radius 3 is 2.57 bits per heavy atom. The van der Waals surface area contributed by atoms with Crippen LogP contribution in [0, 0.1) is 6.92 Å². The summed E-state index contributed by atoms with van der Waals surface area (Å²) in [5.74, 6) is 0.371. The maximum atomic E-state index is 12.6. The molecule has 0 aliphatic heterocycles. The number of nitrogens with zero attached hydrogens (tertiary/aromatic N) is 2. The van der Waals surface area contributed by atoms with E-state index in [2.05, 4.69) is 15.3 Å². The number of thioether (sulfide) groups is 1. The molecule has 0 unspecified atom stereocenters. The van der Waals surface area contributed by atoms with Gasteiger partial charge in [-0.05, 0) is 37.3 Å². The monoisotopic (exact) mass is 431 g/mol. The summed E-state index contributed by atoms with van der Waals surface area (Å²) in [4.78, 5) is 31.4. The van der Waals surface area contributed by atoms with Gasteiger partial charge < -0.3 is 5.32 Å². The smallest absolute Gasteiger partial charge is 0.311 e. The second-order valence-electron chi connectivity index (χ2n) is 5.95. The molecular weight excluding hydrogens is 415 g/mol. The first kappa shape index (κ1) is 22.2. The molecule has 28 heavy (non-hydrogen) atoms. The van der Waals surface area contributed by atoms with Crippen molar-refractivity contribution in [3.05, 3.63) is 46.2 Å². The molecule has 1 amide bonds. The number of amides is 1. The van der Waals surface area contributed by atoms with Gasteiger partial charge in [-0.15, -0.1) is 11.8 Å². The fraction of sp³-hybridized carbons (Fsp3) is 0.333. The zero-order chi connectivity index (χ0) is 20.9. The van der Waals surface area contributed by atoms with Crippen LogP contribution in [0.1, 0.15) is 41.4 Å². The number of aryl methyl sites for hydroxylation is 1. The summed E-state index contributed by atoms with van der Waals surface area (Å²) < 4.78 is 37.8. The van der Waals surface area contributed by atoms with Crippen LogP contribution in [0.15, 0.2) is 29.4 Å². The third-order valence-electron chi connectivity index (χ3n) is 3.50. The van der Waals surface area contributed by atoms with Crippen molar-refractivity contribution in [3.63, 3.8) is 0 Å². The first-order valence-corrected chi connectivity index (χ1v) is 9.57. The van der Waals surface area contributed by atoms with Crippen molar-refractivity contribution in [2.45, 2.75) is 37.9 Å². The van der Waals surface area contributed by atoms with Crippen LogP contribution in [0.4, 0.5) is 19.0 Å². The molecule has 0 fully saturated rings. The number of anilines is 1. The van der Waals surface area contributed by atoms with Gasteiger partial charge in [-0.1, -0.05) is 11.6 Å². The second kappa shape index (κ2) is 9.38. The van der Waals surface area contributed by atoms with Crippen LogP contribution < -0.4 is 5.32 Å². The van der Waals surface area contributed by atoms with E-state index in [1.54, 1.807) is 13.0 Å². The predicted octanol–water partition coefficient (Wildman–Crippen LogP) is 5.17. The topological polar surface area (TPSA) is 72.0 Å². The summed E-state index contributed by atoms with van der Waals surface area (Å²) >= 11 is 7.04. The molecular formula is C18H17ClF3N3O2S. The highest BCUT2D eigenvalue weighted by atomic mass is 35.5. The summed E-state index contributed by atoms with van der Waals surface area (Å²) in [7, 11) is 0. The van der Waals surface area contributed by atoms with Crippen LogP contribution in [0.2, 0.25) is 5.02 Å². The van der Waals surface area contributed by atoms with Gasteiger partial charge >= 0.3 is 6.18 Å². The molecule has 0 spiro atoms. The van der Waals surface area contributed by atoms with Gasteiger partial charge in [0.15, 0.2) is 5.78 Å². The molecule has 5 nitrogen and oxygen atoms in total. The normalized spacial score (nSPS) is 11.4. The molecule has 1 N–H and O–H groups in total. The van der Waals surface area contributed by atoms with E-state index < -0.39 is 11.7 Å². The minimum Gasteiger partial charge on any atom is -0.311 e. The SMILES string of the molecule is CC(=O)Nc1cc(C(=O)CCCSc2ncc(C(F)(F)F)cc2Cl)cc(C)n1. The third kappa shape index (κ3) is 6.49. The number of alkyl halides is 3. The summed E-state index contributed by atoms with van der Waals surface area (Å²) in [6, 6.07) is 3.98. The maximum absolute atomic E-state index is 12.6. The van der Waals surface area contributed by atoms with Crippen LogP contribution >= 0.6 is 23.4 Å². The molecule has 10 heteroatoms. The number of halogens is 4. The third-order valence-corrected chi connectivity index (χ3v) is 4.99. The highest BCUT2D eigenvalue weighted by Gasteiger charge is 2.31. The Morgan fingerprint density at radius 2 is 1.96 bits per heavy atom. The number of hydrogen-bond acceptors (Lipinski definition) is 5. The van der Waals surface area contributed by atoms with Crippen LogP contribution in [0.3, 0.4) is 0 Å². The number of pyridine rings is 2. The molecule has 2 heterocycles. The minimum atomic E-state index is -4.50. The first-order chi connectivity index (χ1) is 13.1. The summed E-state index contributed by atoms with van der Waals surface area (Å²) in [5.41, 5.74) is 0.136. The quantitative estimate of drug-likeness (QED) is 0.372. The van der Waals surface area contributed by atoms with Gasteiger partial charge in [-0.2, -0.15) is 13.2 Å². The Bertz CT molecular complexity index is 891. The lowest BCUT2D eigenvalue weighted by molar-refractivity contribution is -0.137. The molecule has 2 aromatic rings. The lowest BCUT2D eigenvalue weighted by Crippen LogP contribution is -2.10.